The lowest BCUT2D eigenvalue weighted by molar-refractivity contribution is 0.702. The fraction of sp³-hybridized carbons (Fsp3) is 0.667. The van der Waals surface area contributed by atoms with Gasteiger partial charge in [0.15, 0.2) is 0 Å². The Balaban J connectivity index is 2.41. The Morgan fingerprint density at radius 3 is 2.86 bits per heavy atom. The molecule has 0 fully saturated rings. The smallest absolute Gasteiger partial charge is 0.142 e. The van der Waals surface area contributed by atoms with Crippen molar-refractivity contribution in [1.29, 1.82) is 0 Å². The van der Waals surface area contributed by atoms with Crippen molar-refractivity contribution in [3.63, 3.8) is 0 Å². The maximum atomic E-state index is 5.66. The Hall–Kier alpha value is -0.420. The van der Waals surface area contributed by atoms with E-state index in [4.69, 9.17) is 5.73 Å². The zero-order valence-electron chi connectivity index (χ0n) is 8.83. The van der Waals surface area contributed by atoms with Crippen LogP contribution in [-0.4, -0.2) is 22.9 Å². The van der Waals surface area contributed by atoms with Crippen LogP contribution in [0, 0.1) is 12.8 Å². The van der Waals surface area contributed by atoms with Crippen LogP contribution < -0.4 is 11.1 Å². The second kappa shape index (κ2) is 5.46. The number of nitrogen functional groups attached to an aromatic ring is 1. The highest BCUT2D eigenvalue weighted by atomic mass is 32.2. The van der Waals surface area contributed by atoms with E-state index in [-0.39, 0.29) is 0 Å². The van der Waals surface area contributed by atoms with Crippen LogP contribution in [0.3, 0.4) is 0 Å². The van der Waals surface area contributed by atoms with Gasteiger partial charge in [-0.15, -0.1) is 0 Å². The maximum absolute atomic E-state index is 5.66. The van der Waals surface area contributed by atoms with E-state index in [2.05, 4.69) is 22.9 Å². The molecule has 14 heavy (non-hydrogen) atoms. The fourth-order valence-electron chi connectivity index (χ4n) is 1.12. The molecule has 1 aromatic heterocycles. The van der Waals surface area contributed by atoms with Crippen molar-refractivity contribution < 1.29 is 0 Å². The Labute approximate surface area is 93.6 Å². The van der Waals surface area contributed by atoms with Crippen molar-refractivity contribution in [1.82, 2.24) is 4.37 Å². The highest BCUT2D eigenvalue weighted by Crippen LogP contribution is 2.25. The number of rotatable bonds is 5. The van der Waals surface area contributed by atoms with Crippen LogP contribution in [0.4, 0.5) is 10.8 Å². The number of thioether (sulfide) groups is 1. The number of hydrogen-bond donors (Lipinski definition) is 2. The number of nitrogens with one attached hydrogen (secondary N) is 1. The molecule has 1 aromatic rings. The topological polar surface area (TPSA) is 50.9 Å². The van der Waals surface area contributed by atoms with Gasteiger partial charge in [-0.1, -0.05) is 6.92 Å². The summed E-state index contributed by atoms with van der Waals surface area (Å²) in [4.78, 5) is 0. The number of anilines is 2. The predicted octanol–water partition coefficient (Wildman–Crippen LogP) is 2.44. The summed E-state index contributed by atoms with van der Waals surface area (Å²) < 4.78 is 4.09. The molecule has 0 aliphatic heterocycles. The quantitative estimate of drug-likeness (QED) is 0.817. The van der Waals surface area contributed by atoms with Gasteiger partial charge in [-0.05, 0) is 36.4 Å². The molecule has 0 aliphatic carbocycles. The summed E-state index contributed by atoms with van der Waals surface area (Å²) in [5, 5.41) is 4.49. The van der Waals surface area contributed by atoms with E-state index in [0.29, 0.717) is 11.7 Å². The number of aromatic nitrogens is 1. The summed E-state index contributed by atoms with van der Waals surface area (Å²) >= 11 is 3.32. The molecule has 1 unspecified atom stereocenters. The molecule has 0 aliphatic rings. The van der Waals surface area contributed by atoms with Crippen molar-refractivity contribution >= 4 is 34.1 Å². The minimum absolute atomic E-state index is 0.648. The summed E-state index contributed by atoms with van der Waals surface area (Å²) in [7, 11) is 0. The number of nitrogens with two attached hydrogens (primary N) is 1. The SMILES string of the molecule is CSCC(C)CNc1snc(N)c1C. The van der Waals surface area contributed by atoms with Gasteiger partial charge in [-0.2, -0.15) is 16.1 Å². The predicted molar refractivity (Wildman–Crippen MR) is 67.3 cm³/mol. The lowest BCUT2D eigenvalue weighted by Crippen LogP contribution is -2.12. The molecule has 80 valence electrons. The Bertz CT molecular complexity index is 286. The van der Waals surface area contributed by atoms with Crippen LogP contribution in [0.25, 0.3) is 0 Å². The highest BCUT2D eigenvalue weighted by molar-refractivity contribution is 7.98. The third-order valence-corrected chi connectivity index (χ3v) is 3.85. The molecular weight excluding hydrogens is 214 g/mol. The van der Waals surface area contributed by atoms with Crippen LogP contribution in [0.2, 0.25) is 0 Å². The van der Waals surface area contributed by atoms with E-state index >= 15 is 0 Å². The molecular formula is C9H17N3S2. The molecule has 0 spiro atoms. The molecule has 5 heteroatoms. The molecule has 0 bridgehead atoms. The fourth-order valence-corrected chi connectivity index (χ4v) is 2.53. The first-order chi connectivity index (χ1) is 6.65. The summed E-state index contributed by atoms with van der Waals surface area (Å²) in [5.41, 5.74) is 6.74. The second-order valence-corrected chi connectivity index (χ2v) is 5.15. The zero-order chi connectivity index (χ0) is 10.6. The first-order valence-electron chi connectivity index (χ1n) is 4.59. The Kier molecular flexibility index (Phi) is 4.54. The lowest BCUT2D eigenvalue weighted by Gasteiger charge is -2.10. The third kappa shape index (κ3) is 3.06. The molecule has 3 N–H and O–H groups in total. The Morgan fingerprint density at radius 1 is 1.64 bits per heavy atom. The highest BCUT2D eigenvalue weighted by Gasteiger charge is 2.07. The average molecular weight is 231 g/mol. The lowest BCUT2D eigenvalue weighted by atomic mass is 10.2. The van der Waals surface area contributed by atoms with E-state index in [0.717, 1.165) is 17.1 Å². The molecule has 1 atom stereocenters. The maximum Gasteiger partial charge on any atom is 0.142 e. The van der Waals surface area contributed by atoms with Gasteiger partial charge in [0.1, 0.15) is 10.8 Å². The molecule has 0 aromatic carbocycles. The monoisotopic (exact) mass is 231 g/mol. The normalized spacial score (nSPS) is 12.8. The van der Waals surface area contributed by atoms with E-state index < -0.39 is 0 Å². The molecule has 0 radical (unpaired) electrons. The summed E-state index contributed by atoms with van der Waals surface area (Å²) in [5.74, 6) is 2.50. The molecule has 1 rings (SSSR count). The van der Waals surface area contributed by atoms with E-state index in [1.807, 2.05) is 18.7 Å². The summed E-state index contributed by atoms with van der Waals surface area (Å²) in [6, 6.07) is 0. The van der Waals surface area contributed by atoms with Crippen molar-refractivity contribution in [3.8, 4) is 0 Å². The van der Waals surface area contributed by atoms with Gasteiger partial charge in [0, 0.05) is 12.1 Å². The van der Waals surface area contributed by atoms with Crippen LogP contribution in [0.1, 0.15) is 12.5 Å². The van der Waals surface area contributed by atoms with E-state index in [1.54, 1.807) is 0 Å². The van der Waals surface area contributed by atoms with Gasteiger partial charge in [-0.25, -0.2) is 0 Å². The van der Waals surface area contributed by atoms with Gasteiger partial charge in [0.2, 0.25) is 0 Å². The van der Waals surface area contributed by atoms with E-state index in [1.165, 1.54) is 17.3 Å². The van der Waals surface area contributed by atoms with Crippen molar-refractivity contribution in [3.05, 3.63) is 5.56 Å². The van der Waals surface area contributed by atoms with Crippen molar-refractivity contribution in [2.24, 2.45) is 5.92 Å². The standard InChI is InChI=1S/C9H17N3S2/c1-6(5-13-3)4-11-9-7(2)8(10)12-14-9/h6,11H,4-5H2,1-3H3,(H2,10,12). The third-order valence-electron chi connectivity index (χ3n) is 2.02. The molecule has 0 amide bonds. The van der Waals surface area contributed by atoms with Gasteiger partial charge in [-0.3, -0.25) is 0 Å². The molecule has 0 saturated heterocycles. The van der Waals surface area contributed by atoms with Gasteiger partial charge >= 0.3 is 0 Å². The van der Waals surface area contributed by atoms with Crippen LogP contribution in [0.5, 0.6) is 0 Å². The first-order valence-corrected chi connectivity index (χ1v) is 6.76. The molecule has 1 heterocycles. The summed E-state index contributed by atoms with van der Waals surface area (Å²) in [6.45, 7) is 5.23. The largest absolute Gasteiger partial charge is 0.383 e. The van der Waals surface area contributed by atoms with Crippen molar-refractivity contribution in [2.75, 3.05) is 29.6 Å². The van der Waals surface area contributed by atoms with Gasteiger partial charge in [0.25, 0.3) is 0 Å². The van der Waals surface area contributed by atoms with E-state index in [9.17, 15) is 0 Å². The van der Waals surface area contributed by atoms with Crippen LogP contribution in [-0.2, 0) is 0 Å². The minimum Gasteiger partial charge on any atom is -0.383 e. The van der Waals surface area contributed by atoms with Gasteiger partial charge in [0.05, 0.1) is 0 Å². The second-order valence-electron chi connectivity index (χ2n) is 3.46. The Morgan fingerprint density at radius 2 is 2.36 bits per heavy atom. The van der Waals surface area contributed by atoms with Gasteiger partial charge < -0.3 is 11.1 Å². The summed E-state index contributed by atoms with van der Waals surface area (Å²) in [6.07, 6.45) is 2.13. The van der Waals surface area contributed by atoms with Crippen LogP contribution >= 0.6 is 23.3 Å². The zero-order valence-corrected chi connectivity index (χ0v) is 10.5. The molecule has 3 nitrogen and oxygen atoms in total. The first kappa shape index (κ1) is 11.7. The number of nitrogens with zero attached hydrogens (tertiary/aromatic N) is 1. The molecule has 0 saturated carbocycles. The minimum atomic E-state index is 0.648. The average Bonchev–Trinajstić information content (AvgIpc) is 2.46. The van der Waals surface area contributed by atoms with Crippen molar-refractivity contribution in [2.45, 2.75) is 13.8 Å². The van der Waals surface area contributed by atoms with Crippen LogP contribution in [0.15, 0.2) is 0 Å². The number of hydrogen-bond acceptors (Lipinski definition) is 5.